The van der Waals surface area contributed by atoms with Crippen LogP contribution in [0.1, 0.15) is 13.8 Å². The standard InChI is InChI=1S/C11H11FINO4S/c1-5(2)10(11(15)16)19-9-3-6(12)7(13)4-8(9)14(17)18/h3-5,10H,1-2H3,(H,15,16). The van der Waals surface area contributed by atoms with E-state index in [0.717, 1.165) is 23.9 Å². The topological polar surface area (TPSA) is 80.4 Å². The first-order valence-corrected chi connectivity index (χ1v) is 7.22. The van der Waals surface area contributed by atoms with E-state index in [-0.39, 0.29) is 20.1 Å². The summed E-state index contributed by atoms with van der Waals surface area (Å²) in [7, 11) is 0. The SMILES string of the molecule is CC(C)C(Sc1cc(F)c(I)cc1[N+](=O)[O-])C(=O)O. The van der Waals surface area contributed by atoms with Gasteiger partial charge in [0, 0.05) is 6.07 Å². The Balaban J connectivity index is 3.22. The molecular weight excluding hydrogens is 388 g/mol. The van der Waals surface area contributed by atoms with E-state index in [2.05, 4.69) is 0 Å². The van der Waals surface area contributed by atoms with Crippen LogP contribution in [-0.2, 0) is 4.79 Å². The fourth-order valence-corrected chi connectivity index (χ4v) is 2.89. The van der Waals surface area contributed by atoms with Gasteiger partial charge in [-0.05, 0) is 34.6 Å². The van der Waals surface area contributed by atoms with E-state index in [9.17, 15) is 19.3 Å². The molecule has 0 aliphatic heterocycles. The molecule has 0 fully saturated rings. The molecule has 0 heterocycles. The van der Waals surface area contributed by atoms with Gasteiger partial charge in [0.05, 0.1) is 13.4 Å². The molecule has 0 saturated heterocycles. The Kier molecular flexibility index (Phi) is 5.53. The average molecular weight is 399 g/mol. The molecule has 104 valence electrons. The number of hydrogen-bond acceptors (Lipinski definition) is 4. The van der Waals surface area contributed by atoms with Crippen molar-refractivity contribution in [1.82, 2.24) is 0 Å². The Morgan fingerprint density at radius 2 is 2.11 bits per heavy atom. The number of aliphatic carboxylic acids is 1. The molecule has 0 aromatic heterocycles. The molecule has 1 aromatic rings. The van der Waals surface area contributed by atoms with Crippen LogP contribution >= 0.6 is 34.4 Å². The maximum atomic E-state index is 13.5. The van der Waals surface area contributed by atoms with Gasteiger partial charge in [-0.1, -0.05) is 13.8 Å². The molecule has 0 bridgehead atoms. The molecule has 1 aromatic carbocycles. The van der Waals surface area contributed by atoms with Crippen LogP contribution in [-0.4, -0.2) is 21.2 Å². The Hall–Kier alpha value is -0.900. The van der Waals surface area contributed by atoms with Crippen LogP contribution in [0.25, 0.3) is 0 Å². The van der Waals surface area contributed by atoms with Crippen LogP contribution in [0.3, 0.4) is 0 Å². The van der Waals surface area contributed by atoms with Gasteiger partial charge < -0.3 is 5.11 Å². The van der Waals surface area contributed by atoms with E-state index in [1.165, 1.54) is 0 Å². The molecule has 1 unspecified atom stereocenters. The van der Waals surface area contributed by atoms with Crippen molar-refractivity contribution in [2.45, 2.75) is 24.0 Å². The van der Waals surface area contributed by atoms with E-state index < -0.39 is 22.0 Å². The van der Waals surface area contributed by atoms with Crippen molar-refractivity contribution in [2.75, 3.05) is 0 Å². The number of carboxylic acid groups (broad SMARTS) is 1. The normalized spacial score (nSPS) is 12.5. The average Bonchev–Trinajstić information content (AvgIpc) is 2.28. The molecule has 0 radical (unpaired) electrons. The fraction of sp³-hybridized carbons (Fsp3) is 0.364. The highest BCUT2D eigenvalue weighted by Gasteiger charge is 2.27. The lowest BCUT2D eigenvalue weighted by Crippen LogP contribution is -2.22. The molecule has 1 rings (SSSR count). The molecule has 0 saturated carbocycles. The Morgan fingerprint density at radius 1 is 1.53 bits per heavy atom. The molecule has 0 amide bonds. The number of nitrogens with zero attached hydrogens (tertiary/aromatic N) is 1. The zero-order valence-electron chi connectivity index (χ0n) is 10.1. The van der Waals surface area contributed by atoms with Crippen molar-refractivity contribution < 1.29 is 19.2 Å². The molecule has 1 atom stereocenters. The lowest BCUT2D eigenvalue weighted by Gasteiger charge is -2.15. The third kappa shape index (κ3) is 4.03. The van der Waals surface area contributed by atoms with Gasteiger partial charge in [-0.2, -0.15) is 0 Å². The first-order valence-electron chi connectivity index (χ1n) is 5.27. The van der Waals surface area contributed by atoms with Crippen LogP contribution in [0, 0.1) is 25.4 Å². The van der Waals surface area contributed by atoms with Crippen molar-refractivity contribution in [3.8, 4) is 0 Å². The fourth-order valence-electron chi connectivity index (χ4n) is 1.36. The number of benzene rings is 1. The summed E-state index contributed by atoms with van der Waals surface area (Å²) >= 11 is 2.45. The highest BCUT2D eigenvalue weighted by atomic mass is 127. The summed E-state index contributed by atoms with van der Waals surface area (Å²) in [5, 5.41) is 19.1. The van der Waals surface area contributed by atoms with Crippen molar-refractivity contribution in [1.29, 1.82) is 0 Å². The summed E-state index contributed by atoms with van der Waals surface area (Å²) in [5.74, 6) is -1.90. The third-order valence-electron chi connectivity index (χ3n) is 2.30. The predicted octanol–water partition coefficient (Wildman–Crippen LogP) is 3.54. The molecule has 1 N–H and O–H groups in total. The monoisotopic (exact) mass is 399 g/mol. The lowest BCUT2D eigenvalue weighted by molar-refractivity contribution is -0.387. The van der Waals surface area contributed by atoms with Crippen molar-refractivity contribution >= 4 is 46.0 Å². The van der Waals surface area contributed by atoms with Gasteiger partial charge in [-0.25, -0.2) is 4.39 Å². The molecular formula is C11H11FINO4S. The highest BCUT2D eigenvalue weighted by Crippen LogP contribution is 2.36. The zero-order valence-corrected chi connectivity index (χ0v) is 13.1. The smallest absolute Gasteiger partial charge is 0.317 e. The zero-order chi connectivity index (χ0) is 14.7. The van der Waals surface area contributed by atoms with E-state index in [4.69, 9.17) is 5.11 Å². The summed E-state index contributed by atoms with van der Waals surface area (Å²) in [6, 6.07) is 2.13. The number of thioether (sulfide) groups is 1. The highest BCUT2D eigenvalue weighted by molar-refractivity contribution is 14.1. The number of rotatable bonds is 5. The molecule has 8 heteroatoms. The van der Waals surface area contributed by atoms with E-state index >= 15 is 0 Å². The lowest BCUT2D eigenvalue weighted by atomic mass is 10.1. The number of nitro benzene ring substituents is 1. The summed E-state index contributed by atoms with van der Waals surface area (Å²) < 4.78 is 13.6. The summed E-state index contributed by atoms with van der Waals surface area (Å²) in [5.41, 5.74) is -0.275. The summed E-state index contributed by atoms with van der Waals surface area (Å²) in [6.45, 7) is 3.39. The van der Waals surface area contributed by atoms with Crippen LogP contribution < -0.4 is 0 Å². The van der Waals surface area contributed by atoms with Crippen LogP contribution in [0.15, 0.2) is 17.0 Å². The summed E-state index contributed by atoms with van der Waals surface area (Å²) in [4.78, 5) is 21.4. The van der Waals surface area contributed by atoms with Gasteiger partial charge in [0.2, 0.25) is 0 Å². The second-order valence-electron chi connectivity index (χ2n) is 4.11. The summed E-state index contributed by atoms with van der Waals surface area (Å²) in [6.07, 6.45) is 0. The molecule has 19 heavy (non-hydrogen) atoms. The minimum Gasteiger partial charge on any atom is -0.480 e. The quantitative estimate of drug-likeness (QED) is 0.355. The molecule has 5 nitrogen and oxygen atoms in total. The second-order valence-corrected chi connectivity index (χ2v) is 6.46. The van der Waals surface area contributed by atoms with Crippen LogP contribution in [0.5, 0.6) is 0 Å². The van der Waals surface area contributed by atoms with Crippen molar-refractivity contribution in [3.05, 3.63) is 31.6 Å². The largest absolute Gasteiger partial charge is 0.480 e. The Morgan fingerprint density at radius 3 is 2.53 bits per heavy atom. The molecule has 0 spiro atoms. The van der Waals surface area contributed by atoms with Gasteiger partial charge in [0.15, 0.2) is 0 Å². The van der Waals surface area contributed by atoms with Crippen molar-refractivity contribution in [3.63, 3.8) is 0 Å². The maximum Gasteiger partial charge on any atom is 0.317 e. The maximum absolute atomic E-state index is 13.5. The molecule has 0 aliphatic rings. The minimum atomic E-state index is -1.08. The van der Waals surface area contributed by atoms with E-state index in [1.807, 2.05) is 0 Å². The third-order valence-corrected chi connectivity index (χ3v) is 4.71. The first kappa shape index (κ1) is 16.2. The number of carbonyl (C=O) groups is 1. The molecule has 0 aliphatic carbocycles. The number of halogens is 2. The van der Waals surface area contributed by atoms with Gasteiger partial charge >= 0.3 is 5.97 Å². The minimum absolute atomic E-state index is 0.0315. The Labute approximate surface area is 126 Å². The number of hydrogen-bond donors (Lipinski definition) is 1. The second kappa shape index (κ2) is 6.51. The van der Waals surface area contributed by atoms with E-state index in [0.29, 0.717) is 0 Å². The predicted molar refractivity (Wildman–Crippen MR) is 77.9 cm³/mol. The number of carboxylic acids is 1. The number of nitro groups is 1. The van der Waals surface area contributed by atoms with Crippen molar-refractivity contribution in [2.24, 2.45) is 5.92 Å². The Bertz CT molecular complexity index is 524. The van der Waals surface area contributed by atoms with Gasteiger partial charge in [-0.3, -0.25) is 14.9 Å². The van der Waals surface area contributed by atoms with Gasteiger partial charge in [0.1, 0.15) is 11.1 Å². The van der Waals surface area contributed by atoms with Gasteiger partial charge in [-0.15, -0.1) is 11.8 Å². The van der Waals surface area contributed by atoms with Gasteiger partial charge in [0.25, 0.3) is 5.69 Å². The van der Waals surface area contributed by atoms with Crippen LogP contribution in [0.2, 0.25) is 0 Å². The van der Waals surface area contributed by atoms with E-state index in [1.54, 1.807) is 36.4 Å². The van der Waals surface area contributed by atoms with Crippen LogP contribution in [0.4, 0.5) is 10.1 Å². The first-order chi connectivity index (χ1) is 8.73.